The van der Waals surface area contributed by atoms with Gasteiger partial charge >= 0.3 is 0 Å². The smallest absolute Gasteiger partial charge is 0.111 e. The largest absolute Gasteiger partial charge is 0.367 e. The molecule has 1 aliphatic rings. The minimum absolute atomic E-state index is 0.808. The lowest BCUT2D eigenvalue weighted by Crippen LogP contribution is -2.20. The zero-order valence-corrected chi connectivity index (χ0v) is 26.3. The normalized spacial score (nSPS) is 12.8. The van der Waals surface area contributed by atoms with Crippen LogP contribution in [0.2, 0.25) is 0 Å². The fraction of sp³-hybridized carbons (Fsp3) is 0.0222. The number of para-hydroxylation sites is 2. The number of fused-ring (bicyclic) bond motifs is 7. The SMILES string of the molecule is C1=C(n2c3ccccc3c3cc4c(cc32)c2ccccc2n4-c2cccc(-c3ccc(-c4ccccc4)cc3)c2)NCc2ccccc21. The molecule has 10 rings (SSSR count). The molecule has 0 atom stereocenters. The second-order valence-corrected chi connectivity index (χ2v) is 12.7. The van der Waals surface area contributed by atoms with Crippen LogP contribution < -0.4 is 5.32 Å². The van der Waals surface area contributed by atoms with E-state index in [0.29, 0.717) is 0 Å². The third-order valence-electron chi connectivity index (χ3n) is 9.94. The van der Waals surface area contributed by atoms with Crippen LogP contribution in [0, 0.1) is 0 Å². The van der Waals surface area contributed by atoms with Crippen LogP contribution in [0.1, 0.15) is 11.1 Å². The molecule has 0 unspecified atom stereocenters. The van der Waals surface area contributed by atoms with Crippen molar-refractivity contribution in [3.63, 3.8) is 0 Å². The average molecular weight is 614 g/mol. The molecule has 0 aliphatic carbocycles. The quantitative estimate of drug-likeness (QED) is 0.210. The summed E-state index contributed by atoms with van der Waals surface area (Å²) in [6, 6.07) is 59.5. The first kappa shape index (κ1) is 26.9. The van der Waals surface area contributed by atoms with Gasteiger partial charge in [-0.3, -0.25) is 4.57 Å². The summed E-state index contributed by atoms with van der Waals surface area (Å²) in [7, 11) is 0. The number of nitrogens with one attached hydrogen (secondary N) is 1. The molecule has 0 bridgehead atoms. The molecule has 9 aromatic rings. The highest BCUT2D eigenvalue weighted by Crippen LogP contribution is 2.40. The van der Waals surface area contributed by atoms with Gasteiger partial charge in [0.05, 0.1) is 22.1 Å². The highest BCUT2D eigenvalue weighted by atomic mass is 15.1. The van der Waals surface area contributed by atoms with Crippen molar-refractivity contribution in [2.45, 2.75) is 6.54 Å². The van der Waals surface area contributed by atoms with E-state index in [-0.39, 0.29) is 0 Å². The van der Waals surface area contributed by atoms with Crippen molar-refractivity contribution in [1.29, 1.82) is 0 Å². The molecule has 3 nitrogen and oxygen atoms in total. The highest BCUT2D eigenvalue weighted by Gasteiger charge is 2.20. The van der Waals surface area contributed by atoms with Crippen LogP contribution in [-0.2, 0) is 6.54 Å². The van der Waals surface area contributed by atoms with Gasteiger partial charge in [-0.05, 0) is 75.9 Å². The van der Waals surface area contributed by atoms with E-state index in [2.05, 4.69) is 184 Å². The van der Waals surface area contributed by atoms with Crippen LogP contribution in [0.25, 0.3) is 83.4 Å². The molecular formula is C45H31N3. The first-order valence-corrected chi connectivity index (χ1v) is 16.6. The van der Waals surface area contributed by atoms with E-state index in [1.807, 2.05) is 0 Å². The third-order valence-corrected chi connectivity index (χ3v) is 9.94. The summed E-state index contributed by atoms with van der Waals surface area (Å²) in [6.07, 6.45) is 2.29. The van der Waals surface area contributed by atoms with Gasteiger partial charge in [-0.2, -0.15) is 0 Å². The standard InChI is InChI=1S/C45H31N3/c1-2-11-30(12-3-1)31-21-23-32(24-22-31)33-15-10-16-36(25-33)47-41-19-8-6-17-37(41)39-28-44-40(27-43(39)47)38-18-7-9-20-42(38)48(44)45-26-34-13-4-5-14-35(34)29-46-45/h1-28,46H,29H2. The second kappa shape index (κ2) is 10.6. The summed E-state index contributed by atoms with van der Waals surface area (Å²) in [6.45, 7) is 0.808. The number of rotatable bonds is 4. The number of nitrogens with zero attached hydrogens (tertiary/aromatic N) is 2. The van der Waals surface area contributed by atoms with Crippen LogP contribution >= 0.6 is 0 Å². The molecule has 7 aromatic carbocycles. The summed E-state index contributed by atoms with van der Waals surface area (Å²) >= 11 is 0. The molecule has 1 N–H and O–H groups in total. The van der Waals surface area contributed by atoms with Crippen molar-refractivity contribution in [3.05, 3.63) is 175 Å². The Bertz CT molecular complexity index is 2710. The summed E-state index contributed by atoms with van der Waals surface area (Å²) in [4.78, 5) is 0. The van der Waals surface area contributed by atoms with Crippen molar-refractivity contribution < 1.29 is 0 Å². The predicted octanol–water partition coefficient (Wildman–Crippen LogP) is 11.3. The summed E-state index contributed by atoms with van der Waals surface area (Å²) in [5.74, 6) is 1.11. The lowest BCUT2D eigenvalue weighted by Gasteiger charge is -2.21. The van der Waals surface area contributed by atoms with Gasteiger partial charge in [0, 0.05) is 33.8 Å². The van der Waals surface area contributed by atoms with Crippen LogP contribution in [0.5, 0.6) is 0 Å². The Balaban J connectivity index is 1.17. The average Bonchev–Trinajstić information content (AvgIpc) is 3.66. The Kier molecular flexibility index (Phi) is 5.94. The first-order chi connectivity index (χ1) is 23.8. The van der Waals surface area contributed by atoms with Gasteiger partial charge in [-0.1, -0.05) is 127 Å². The predicted molar refractivity (Wildman–Crippen MR) is 202 cm³/mol. The van der Waals surface area contributed by atoms with Crippen LogP contribution in [0.15, 0.2) is 164 Å². The molecule has 0 spiro atoms. The molecule has 226 valence electrons. The van der Waals surface area contributed by atoms with E-state index in [9.17, 15) is 0 Å². The van der Waals surface area contributed by atoms with E-state index >= 15 is 0 Å². The van der Waals surface area contributed by atoms with E-state index in [0.717, 1.165) is 18.1 Å². The van der Waals surface area contributed by atoms with Gasteiger partial charge in [0.25, 0.3) is 0 Å². The number of aromatic nitrogens is 2. The maximum atomic E-state index is 3.73. The Morgan fingerprint density at radius 3 is 1.71 bits per heavy atom. The molecule has 3 heterocycles. The van der Waals surface area contributed by atoms with Gasteiger partial charge in [-0.15, -0.1) is 0 Å². The first-order valence-electron chi connectivity index (χ1n) is 16.6. The van der Waals surface area contributed by atoms with Crippen LogP contribution in [0.3, 0.4) is 0 Å². The Morgan fingerprint density at radius 1 is 0.396 bits per heavy atom. The van der Waals surface area contributed by atoms with Crippen LogP contribution in [-0.4, -0.2) is 9.13 Å². The molecule has 0 saturated carbocycles. The van der Waals surface area contributed by atoms with Crippen LogP contribution in [0.4, 0.5) is 0 Å². The minimum atomic E-state index is 0.808. The zero-order chi connectivity index (χ0) is 31.6. The van der Waals surface area contributed by atoms with Crippen molar-refractivity contribution in [3.8, 4) is 27.9 Å². The van der Waals surface area contributed by atoms with Crippen molar-refractivity contribution in [2.75, 3.05) is 0 Å². The Labute approximate surface area is 278 Å². The molecule has 0 fully saturated rings. The van der Waals surface area contributed by atoms with Crippen molar-refractivity contribution in [2.24, 2.45) is 0 Å². The van der Waals surface area contributed by atoms with E-state index in [1.54, 1.807) is 0 Å². The fourth-order valence-corrected chi connectivity index (χ4v) is 7.64. The summed E-state index contributed by atoms with van der Waals surface area (Å²) in [5, 5.41) is 8.72. The Morgan fingerprint density at radius 2 is 0.958 bits per heavy atom. The summed E-state index contributed by atoms with van der Waals surface area (Å²) in [5.41, 5.74) is 13.4. The molecule has 3 heteroatoms. The second-order valence-electron chi connectivity index (χ2n) is 12.7. The van der Waals surface area contributed by atoms with Gasteiger partial charge < -0.3 is 9.88 Å². The molecular weight excluding hydrogens is 583 g/mol. The number of hydrogen-bond donors (Lipinski definition) is 1. The number of hydrogen-bond acceptors (Lipinski definition) is 1. The highest BCUT2D eigenvalue weighted by molar-refractivity contribution is 6.19. The zero-order valence-electron chi connectivity index (χ0n) is 26.3. The molecule has 0 radical (unpaired) electrons. The topological polar surface area (TPSA) is 21.9 Å². The van der Waals surface area contributed by atoms with Gasteiger partial charge in [0.1, 0.15) is 5.82 Å². The van der Waals surface area contributed by atoms with Gasteiger partial charge in [0.15, 0.2) is 0 Å². The third kappa shape index (κ3) is 4.14. The van der Waals surface area contributed by atoms with Crippen molar-refractivity contribution >= 4 is 55.5 Å². The molecule has 0 saturated heterocycles. The summed E-state index contributed by atoms with van der Waals surface area (Å²) < 4.78 is 4.85. The van der Waals surface area contributed by atoms with E-state index in [4.69, 9.17) is 0 Å². The van der Waals surface area contributed by atoms with Crippen molar-refractivity contribution in [1.82, 2.24) is 14.5 Å². The fourth-order valence-electron chi connectivity index (χ4n) is 7.64. The molecule has 0 amide bonds. The molecule has 2 aromatic heterocycles. The lowest BCUT2D eigenvalue weighted by molar-refractivity contribution is 0.835. The monoisotopic (exact) mass is 613 g/mol. The van der Waals surface area contributed by atoms with Gasteiger partial charge in [0.2, 0.25) is 0 Å². The molecule has 1 aliphatic heterocycles. The molecule has 48 heavy (non-hydrogen) atoms. The minimum Gasteiger partial charge on any atom is -0.367 e. The van der Waals surface area contributed by atoms with Gasteiger partial charge in [-0.25, -0.2) is 0 Å². The number of benzene rings is 7. The lowest BCUT2D eigenvalue weighted by atomic mass is 10.00. The van der Waals surface area contributed by atoms with E-state index in [1.165, 1.54) is 77.0 Å². The van der Waals surface area contributed by atoms with E-state index < -0.39 is 0 Å². The Hall–Kier alpha value is -6.32. The maximum absolute atomic E-state index is 3.73. The maximum Gasteiger partial charge on any atom is 0.111 e.